The van der Waals surface area contributed by atoms with Gasteiger partial charge in [-0.05, 0) is 129 Å². The molecule has 0 bridgehead atoms. The van der Waals surface area contributed by atoms with Crippen molar-refractivity contribution in [2.24, 2.45) is 56.7 Å². The van der Waals surface area contributed by atoms with Crippen molar-refractivity contribution in [3.05, 3.63) is 12.2 Å². The molecule has 7 heteroatoms. The third-order valence-corrected chi connectivity index (χ3v) is 14.6. The van der Waals surface area contributed by atoms with Crippen LogP contribution in [0.25, 0.3) is 0 Å². The molecular weight excluding hydrogens is 556 g/mol. The average Bonchev–Trinajstić information content (AvgIpc) is 3.34. The predicted molar refractivity (Wildman–Crippen MR) is 169 cm³/mol. The minimum absolute atomic E-state index is 0.00234. The Balaban J connectivity index is 1.50. The van der Waals surface area contributed by atoms with E-state index in [0.717, 1.165) is 69.8 Å². The number of carboxylic acid groups (broad SMARTS) is 1. The first kappa shape index (κ1) is 33.5. The maximum Gasteiger partial charge on any atom is 0.309 e. The number of carbonyl (C=O) groups excluding carboxylic acids is 2. The molecule has 5 fully saturated rings. The number of carbonyl (C=O) groups is 3. The number of aliphatic carboxylic acids is 1. The summed E-state index contributed by atoms with van der Waals surface area (Å²) in [5.74, 6) is 0.0851. The predicted octanol–water partition coefficient (Wildman–Crippen LogP) is 7.61. The molecule has 5 aliphatic rings. The van der Waals surface area contributed by atoms with Crippen LogP contribution in [0.1, 0.15) is 120 Å². The van der Waals surface area contributed by atoms with Crippen molar-refractivity contribution in [3.8, 4) is 0 Å². The van der Waals surface area contributed by atoms with Gasteiger partial charge in [-0.1, -0.05) is 34.3 Å². The summed E-state index contributed by atoms with van der Waals surface area (Å²) in [6.45, 7) is 21.9. The highest BCUT2D eigenvalue weighted by molar-refractivity contribution is 5.76. The van der Waals surface area contributed by atoms with E-state index in [1.807, 2.05) is 13.8 Å². The van der Waals surface area contributed by atoms with Crippen molar-refractivity contribution >= 4 is 17.9 Å². The normalized spacial score (nSPS) is 46.2. The summed E-state index contributed by atoms with van der Waals surface area (Å²) in [6, 6.07) is 0. The lowest BCUT2D eigenvalue weighted by Gasteiger charge is -2.72. The summed E-state index contributed by atoms with van der Waals surface area (Å²) in [6.07, 6.45) is 8.98. The second kappa shape index (κ2) is 11.4. The van der Waals surface area contributed by atoms with E-state index in [-0.39, 0.29) is 64.8 Å². The Morgan fingerprint density at radius 3 is 2.16 bits per heavy atom. The molecule has 0 heterocycles. The molecular formula is C37H58O7. The molecule has 0 aliphatic heterocycles. The van der Waals surface area contributed by atoms with E-state index in [9.17, 15) is 19.5 Å². The van der Waals surface area contributed by atoms with Crippen LogP contribution in [0.2, 0.25) is 0 Å². The number of ether oxygens (including phenoxy) is 3. The van der Waals surface area contributed by atoms with Crippen LogP contribution >= 0.6 is 0 Å². The van der Waals surface area contributed by atoms with Crippen LogP contribution in [-0.2, 0) is 28.6 Å². The van der Waals surface area contributed by atoms with E-state index < -0.39 is 16.8 Å². The van der Waals surface area contributed by atoms with Crippen molar-refractivity contribution in [2.45, 2.75) is 132 Å². The van der Waals surface area contributed by atoms with Crippen molar-refractivity contribution in [2.75, 3.05) is 13.2 Å². The van der Waals surface area contributed by atoms with Crippen LogP contribution < -0.4 is 0 Å². The summed E-state index contributed by atoms with van der Waals surface area (Å²) in [7, 11) is 0. The third-order valence-electron chi connectivity index (χ3n) is 14.6. The molecule has 0 aromatic rings. The van der Waals surface area contributed by atoms with E-state index in [0.29, 0.717) is 18.4 Å². The second-order valence-corrected chi connectivity index (χ2v) is 16.7. The lowest BCUT2D eigenvalue weighted by Crippen LogP contribution is -2.68. The van der Waals surface area contributed by atoms with E-state index >= 15 is 0 Å². The highest BCUT2D eigenvalue weighted by Crippen LogP contribution is 2.77. The van der Waals surface area contributed by atoms with Gasteiger partial charge in [0.1, 0.15) is 12.7 Å². The summed E-state index contributed by atoms with van der Waals surface area (Å²) < 4.78 is 17.7. The fourth-order valence-electron chi connectivity index (χ4n) is 12.4. The van der Waals surface area contributed by atoms with Gasteiger partial charge in [-0.2, -0.15) is 0 Å². The van der Waals surface area contributed by atoms with Crippen LogP contribution in [0.5, 0.6) is 0 Å². The van der Waals surface area contributed by atoms with Crippen molar-refractivity contribution in [3.63, 3.8) is 0 Å². The number of hydrogen-bond donors (Lipinski definition) is 1. The van der Waals surface area contributed by atoms with Gasteiger partial charge in [0.2, 0.25) is 0 Å². The van der Waals surface area contributed by atoms with Crippen molar-refractivity contribution in [1.82, 2.24) is 0 Å². The fourth-order valence-corrected chi connectivity index (χ4v) is 12.4. The number of fused-ring (bicyclic) bond motifs is 7. The number of esters is 2. The topological polar surface area (TPSA) is 99.1 Å². The molecule has 44 heavy (non-hydrogen) atoms. The van der Waals surface area contributed by atoms with Crippen LogP contribution in [0.4, 0.5) is 0 Å². The zero-order chi connectivity index (χ0) is 32.5. The Morgan fingerprint density at radius 1 is 0.841 bits per heavy atom. The van der Waals surface area contributed by atoms with Crippen LogP contribution in [0.3, 0.4) is 0 Å². The average molecular weight is 615 g/mol. The lowest BCUT2D eigenvalue weighted by molar-refractivity contribution is -0.257. The number of hydrogen-bond acceptors (Lipinski definition) is 6. The first-order valence-electron chi connectivity index (χ1n) is 17.3. The molecule has 248 valence electrons. The zero-order valence-corrected chi connectivity index (χ0v) is 28.6. The van der Waals surface area contributed by atoms with Gasteiger partial charge in [-0.3, -0.25) is 14.4 Å². The molecule has 0 amide bonds. The van der Waals surface area contributed by atoms with Gasteiger partial charge in [0.15, 0.2) is 0 Å². The quantitative estimate of drug-likeness (QED) is 0.222. The van der Waals surface area contributed by atoms with Crippen LogP contribution in [-0.4, -0.2) is 48.4 Å². The largest absolute Gasteiger partial charge is 0.481 e. The van der Waals surface area contributed by atoms with E-state index in [1.54, 1.807) is 0 Å². The lowest BCUT2D eigenvalue weighted by atomic mass is 9.32. The first-order valence-corrected chi connectivity index (χ1v) is 17.3. The molecule has 5 rings (SSSR count). The van der Waals surface area contributed by atoms with Gasteiger partial charge >= 0.3 is 17.9 Å². The minimum atomic E-state index is -0.676. The van der Waals surface area contributed by atoms with Crippen molar-refractivity contribution < 1.29 is 33.7 Å². The molecule has 0 aromatic carbocycles. The fraction of sp³-hybridized carbons (Fsp3) is 0.865. The molecule has 0 saturated heterocycles. The van der Waals surface area contributed by atoms with Gasteiger partial charge < -0.3 is 19.3 Å². The van der Waals surface area contributed by atoms with Crippen molar-refractivity contribution in [1.29, 1.82) is 0 Å². The molecule has 11 atom stereocenters. The Hall–Kier alpha value is -1.89. The molecule has 5 aliphatic carbocycles. The van der Waals surface area contributed by atoms with Gasteiger partial charge in [-0.15, -0.1) is 0 Å². The first-order chi connectivity index (χ1) is 20.5. The molecule has 1 N–H and O–H groups in total. The van der Waals surface area contributed by atoms with Gasteiger partial charge in [0.25, 0.3) is 0 Å². The SMILES string of the molecule is C=C(COC(C)C)[C@@H]1CC[C@]2(C(=O)O)CC[C@]3(C)C(CC[C@@H]4[C@@]5(C)CCC(OC(C)=O)[C@@](C)(COC(C)=O)[C@@H]5CC[C@]43C)[C@@H]12. The van der Waals surface area contributed by atoms with Gasteiger partial charge in [0.05, 0.1) is 18.1 Å². The standard InChI is InChI=1S/C37H58O7/c1-22(2)42-20-23(3)26-12-17-37(32(40)41)19-18-35(8)27(31(26)37)10-11-29-33(6)15-14-30(44-25(5)39)34(7,21-43-24(4)38)28(33)13-16-36(29,35)9/h22,26-31H,3,10-21H2,1-2,4-9H3,(H,40,41)/t26-,27?,28+,29+,30?,31+,33-,34-,35+,36+,37-/m0/s1. The smallest absolute Gasteiger partial charge is 0.309 e. The highest BCUT2D eigenvalue weighted by atomic mass is 16.6. The minimum Gasteiger partial charge on any atom is -0.481 e. The van der Waals surface area contributed by atoms with Crippen LogP contribution in [0.15, 0.2) is 12.2 Å². The molecule has 2 unspecified atom stereocenters. The summed E-state index contributed by atoms with van der Waals surface area (Å²) in [5, 5.41) is 10.8. The molecule has 0 spiro atoms. The second-order valence-electron chi connectivity index (χ2n) is 16.7. The number of rotatable bonds is 8. The Morgan fingerprint density at radius 2 is 1.55 bits per heavy atom. The highest BCUT2D eigenvalue weighted by Gasteiger charge is 2.72. The summed E-state index contributed by atoms with van der Waals surface area (Å²) >= 11 is 0. The Bertz CT molecular complexity index is 1180. The zero-order valence-electron chi connectivity index (χ0n) is 28.6. The summed E-state index contributed by atoms with van der Waals surface area (Å²) in [4.78, 5) is 37.3. The Kier molecular flexibility index (Phi) is 8.69. The maximum absolute atomic E-state index is 13.1. The monoisotopic (exact) mass is 614 g/mol. The molecule has 7 nitrogen and oxygen atoms in total. The van der Waals surface area contributed by atoms with Gasteiger partial charge in [-0.25, -0.2) is 0 Å². The molecule has 0 radical (unpaired) electrons. The molecule has 0 aromatic heterocycles. The van der Waals surface area contributed by atoms with Crippen LogP contribution in [0, 0.1) is 56.7 Å². The Labute approximate surface area is 265 Å². The summed E-state index contributed by atoms with van der Waals surface area (Å²) in [5.41, 5.74) is -0.00909. The van der Waals surface area contributed by atoms with E-state index in [4.69, 9.17) is 14.2 Å². The maximum atomic E-state index is 13.1. The van der Waals surface area contributed by atoms with Gasteiger partial charge in [0, 0.05) is 19.3 Å². The molecule has 5 saturated carbocycles. The number of carboxylic acids is 1. The third kappa shape index (κ3) is 4.88. The van der Waals surface area contributed by atoms with E-state index in [2.05, 4.69) is 34.3 Å². The van der Waals surface area contributed by atoms with E-state index in [1.165, 1.54) is 13.8 Å².